The van der Waals surface area contributed by atoms with Crippen molar-refractivity contribution in [2.24, 2.45) is 7.05 Å². The Balaban J connectivity index is 0.00000100. The minimum Gasteiger partial charge on any atom is -0.354 e. The van der Waals surface area contributed by atoms with E-state index in [9.17, 15) is 4.79 Å². The number of hydrogen-bond donors (Lipinski definition) is 0. The van der Waals surface area contributed by atoms with E-state index in [0.717, 1.165) is 70.6 Å². The summed E-state index contributed by atoms with van der Waals surface area (Å²) >= 11 is 0. The molecular weight excluding hydrogens is 300 g/mol. The maximum Gasteiger partial charge on any atom is 0.255 e. The van der Waals surface area contributed by atoms with Gasteiger partial charge in [0.2, 0.25) is 0 Å². The zero-order valence-electron chi connectivity index (χ0n) is 15.9. The predicted molar refractivity (Wildman–Crippen MR) is 99.5 cm³/mol. The van der Waals surface area contributed by atoms with Crippen LogP contribution >= 0.6 is 0 Å². The summed E-state index contributed by atoms with van der Waals surface area (Å²) in [5, 5.41) is 0. The maximum atomic E-state index is 12.7. The number of amides is 1. The van der Waals surface area contributed by atoms with Gasteiger partial charge in [-0.05, 0) is 38.9 Å². The smallest absolute Gasteiger partial charge is 0.255 e. The highest BCUT2D eigenvalue weighted by molar-refractivity contribution is 5.95. The quantitative estimate of drug-likeness (QED) is 0.845. The maximum absolute atomic E-state index is 12.7. The van der Waals surface area contributed by atoms with Crippen molar-refractivity contribution in [1.82, 2.24) is 19.3 Å². The molecule has 1 fully saturated rings. The minimum absolute atomic E-state index is 0.228. The number of fused-ring (bicyclic) bond motifs is 1. The normalized spacial score (nSPS) is 19.5. The Morgan fingerprint density at radius 2 is 1.71 bits per heavy atom. The molecule has 24 heavy (non-hydrogen) atoms. The third kappa shape index (κ3) is 4.61. The fourth-order valence-electron chi connectivity index (χ4n) is 3.55. The van der Waals surface area contributed by atoms with E-state index in [0.29, 0.717) is 0 Å². The standard InChI is InChI=1S/C17H28N4O.C2H6/c1-18-11-13-20(14-12-18)7-4-9-21-8-3-5-16-15(17(21)22)6-10-19(16)2;1-2/h6,10H,3-5,7-9,11-14H2,1-2H3;1-2H3. The number of carbonyl (C=O) groups excluding carboxylic acids is 1. The van der Waals surface area contributed by atoms with Crippen LogP contribution in [-0.4, -0.2) is 78.0 Å². The number of likely N-dealkylation sites (N-methyl/N-ethyl adjacent to an activating group) is 1. The zero-order chi connectivity index (χ0) is 17.5. The second-order valence-electron chi connectivity index (χ2n) is 6.68. The zero-order valence-corrected chi connectivity index (χ0v) is 15.9. The summed E-state index contributed by atoms with van der Waals surface area (Å²) in [6.07, 6.45) is 5.18. The Hall–Kier alpha value is -1.33. The lowest BCUT2D eigenvalue weighted by atomic mass is 10.2. The van der Waals surface area contributed by atoms with E-state index in [1.165, 1.54) is 5.69 Å². The second-order valence-corrected chi connectivity index (χ2v) is 6.68. The highest BCUT2D eigenvalue weighted by Crippen LogP contribution is 2.19. The van der Waals surface area contributed by atoms with Crippen molar-refractivity contribution < 1.29 is 4.79 Å². The number of hydrogen-bond acceptors (Lipinski definition) is 3. The van der Waals surface area contributed by atoms with Crippen LogP contribution < -0.4 is 0 Å². The summed E-state index contributed by atoms with van der Waals surface area (Å²) < 4.78 is 2.10. The van der Waals surface area contributed by atoms with Crippen LogP contribution in [0.5, 0.6) is 0 Å². The average molecular weight is 335 g/mol. The molecular formula is C19H34N4O. The molecule has 0 aliphatic carbocycles. The number of rotatable bonds is 4. The van der Waals surface area contributed by atoms with E-state index in [2.05, 4.69) is 26.3 Å². The SMILES string of the molecule is CC.CN1CCN(CCCN2CCCc3c(ccn3C)C2=O)CC1. The van der Waals surface area contributed by atoms with E-state index < -0.39 is 0 Å². The molecule has 0 radical (unpaired) electrons. The Kier molecular flexibility index (Phi) is 7.31. The van der Waals surface area contributed by atoms with Crippen LogP contribution in [-0.2, 0) is 13.5 Å². The Morgan fingerprint density at radius 1 is 1.00 bits per heavy atom. The molecule has 0 atom stereocenters. The fourth-order valence-corrected chi connectivity index (χ4v) is 3.55. The van der Waals surface area contributed by atoms with E-state index >= 15 is 0 Å². The molecule has 1 aromatic heterocycles. The average Bonchev–Trinajstić information content (AvgIpc) is 2.89. The van der Waals surface area contributed by atoms with Gasteiger partial charge in [0.05, 0.1) is 5.56 Å². The molecule has 0 saturated carbocycles. The van der Waals surface area contributed by atoms with Crippen molar-refractivity contribution in [3.05, 3.63) is 23.5 Å². The molecule has 1 aromatic rings. The molecule has 2 aliphatic rings. The van der Waals surface area contributed by atoms with Gasteiger partial charge in [-0.25, -0.2) is 0 Å². The van der Waals surface area contributed by atoms with Gasteiger partial charge in [0.15, 0.2) is 0 Å². The first-order valence-electron chi connectivity index (χ1n) is 9.49. The van der Waals surface area contributed by atoms with Crippen LogP contribution in [0.15, 0.2) is 12.3 Å². The molecule has 136 valence electrons. The van der Waals surface area contributed by atoms with Gasteiger partial charge >= 0.3 is 0 Å². The Morgan fingerprint density at radius 3 is 2.42 bits per heavy atom. The lowest BCUT2D eigenvalue weighted by molar-refractivity contribution is 0.0747. The van der Waals surface area contributed by atoms with Crippen LogP contribution in [0.3, 0.4) is 0 Å². The fraction of sp³-hybridized carbons (Fsp3) is 0.737. The molecule has 1 saturated heterocycles. The first-order valence-corrected chi connectivity index (χ1v) is 9.49. The number of aryl methyl sites for hydroxylation is 1. The molecule has 2 aliphatic heterocycles. The molecule has 3 rings (SSSR count). The van der Waals surface area contributed by atoms with Crippen molar-refractivity contribution in [2.75, 3.05) is 52.9 Å². The number of nitrogens with zero attached hydrogens (tertiary/aromatic N) is 4. The molecule has 5 heteroatoms. The van der Waals surface area contributed by atoms with Crippen LogP contribution in [0.2, 0.25) is 0 Å². The van der Waals surface area contributed by atoms with Gasteiger partial charge in [-0.3, -0.25) is 4.79 Å². The van der Waals surface area contributed by atoms with E-state index in [1.807, 2.05) is 33.2 Å². The van der Waals surface area contributed by atoms with E-state index in [1.54, 1.807) is 0 Å². The first kappa shape index (κ1) is 19.0. The molecule has 3 heterocycles. The molecule has 5 nitrogen and oxygen atoms in total. The van der Waals surface area contributed by atoms with Crippen LogP contribution in [0.4, 0.5) is 0 Å². The monoisotopic (exact) mass is 334 g/mol. The van der Waals surface area contributed by atoms with Crippen LogP contribution in [0.1, 0.15) is 42.7 Å². The van der Waals surface area contributed by atoms with Crippen LogP contribution in [0.25, 0.3) is 0 Å². The van der Waals surface area contributed by atoms with Gasteiger partial charge in [-0.2, -0.15) is 0 Å². The Labute approximate surface area is 147 Å². The van der Waals surface area contributed by atoms with Crippen LogP contribution in [0, 0.1) is 0 Å². The largest absolute Gasteiger partial charge is 0.354 e. The highest BCUT2D eigenvalue weighted by atomic mass is 16.2. The number of carbonyl (C=O) groups is 1. The molecule has 0 aromatic carbocycles. The summed E-state index contributed by atoms with van der Waals surface area (Å²) in [5.74, 6) is 0.228. The highest BCUT2D eigenvalue weighted by Gasteiger charge is 2.24. The topological polar surface area (TPSA) is 31.7 Å². The van der Waals surface area contributed by atoms with E-state index in [-0.39, 0.29) is 5.91 Å². The van der Waals surface area contributed by atoms with Crippen molar-refractivity contribution in [1.29, 1.82) is 0 Å². The van der Waals surface area contributed by atoms with Gasteiger partial charge < -0.3 is 19.3 Å². The second kappa shape index (κ2) is 9.23. The third-order valence-corrected chi connectivity index (χ3v) is 5.06. The van der Waals surface area contributed by atoms with Gasteiger partial charge in [0.1, 0.15) is 0 Å². The molecule has 0 spiro atoms. The minimum atomic E-state index is 0.228. The summed E-state index contributed by atoms with van der Waals surface area (Å²) in [7, 11) is 4.22. The summed E-state index contributed by atoms with van der Waals surface area (Å²) in [5.41, 5.74) is 2.12. The summed E-state index contributed by atoms with van der Waals surface area (Å²) in [6.45, 7) is 11.5. The summed E-state index contributed by atoms with van der Waals surface area (Å²) in [6, 6.07) is 1.98. The van der Waals surface area contributed by atoms with Gasteiger partial charge in [0.25, 0.3) is 5.91 Å². The third-order valence-electron chi connectivity index (χ3n) is 5.06. The van der Waals surface area contributed by atoms with Crippen molar-refractivity contribution >= 4 is 5.91 Å². The Bertz CT molecular complexity index is 517. The predicted octanol–water partition coefficient (Wildman–Crippen LogP) is 2.08. The number of piperazine rings is 1. The summed E-state index contributed by atoms with van der Waals surface area (Å²) in [4.78, 5) is 19.6. The van der Waals surface area contributed by atoms with Gasteiger partial charge in [0, 0.05) is 58.2 Å². The lowest BCUT2D eigenvalue weighted by Gasteiger charge is -2.32. The first-order chi connectivity index (χ1) is 11.6. The lowest BCUT2D eigenvalue weighted by Crippen LogP contribution is -2.45. The van der Waals surface area contributed by atoms with E-state index in [4.69, 9.17) is 0 Å². The molecule has 1 amide bonds. The number of aromatic nitrogens is 1. The van der Waals surface area contributed by atoms with Crippen molar-refractivity contribution in [3.8, 4) is 0 Å². The molecule has 0 N–H and O–H groups in total. The van der Waals surface area contributed by atoms with Crippen molar-refractivity contribution in [3.63, 3.8) is 0 Å². The molecule has 0 unspecified atom stereocenters. The van der Waals surface area contributed by atoms with Gasteiger partial charge in [-0.15, -0.1) is 0 Å². The molecule has 0 bridgehead atoms. The van der Waals surface area contributed by atoms with Crippen molar-refractivity contribution in [2.45, 2.75) is 33.1 Å². The van der Waals surface area contributed by atoms with Gasteiger partial charge in [-0.1, -0.05) is 13.8 Å².